The van der Waals surface area contributed by atoms with Gasteiger partial charge in [-0.3, -0.25) is 0 Å². The van der Waals surface area contributed by atoms with Crippen molar-refractivity contribution < 1.29 is 40.6 Å². The van der Waals surface area contributed by atoms with Crippen molar-refractivity contribution in [2.24, 2.45) is 0 Å². The monoisotopic (exact) mass is 365 g/mol. The first-order chi connectivity index (χ1) is 11.5. The van der Waals surface area contributed by atoms with Crippen LogP contribution in [0.5, 0.6) is 5.75 Å². The predicted molar refractivity (Wildman–Crippen MR) is 72.7 cm³/mol. The van der Waals surface area contributed by atoms with E-state index in [9.17, 15) is 31.1 Å². The Kier molecular flexibility index (Phi) is 4.91. The van der Waals surface area contributed by atoms with E-state index in [1.54, 1.807) is 0 Å². The summed E-state index contributed by atoms with van der Waals surface area (Å²) in [4.78, 5) is 15.0. The molecule has 0 radical (unpaired) electrons. The number of aromatic nitrogens is 1. The Morgan fingerprint density at radius 1 is 0.960 bits per heavy atom. The van der Waals surface area contributed by atoms with Crippen LogP contribution in [0.1, 0.15) is 16.2 Å². The average Bonchev–Trinajstić information content (AvgIpc) is 2.52. The van der Waals surface area contributed by atoms with Crippen molar-refractivity contribution in [1.82, 2.24) is 4.98 Å². The van der Waals surface area contributed by atoms with Gasteiger partial charge in [0.15, 0.2) is 5.69 Å². The molecule has 0 saturated heterocycles. The van der Waals surface area contributed by atoms with Crippen molar-refractivity contribution in [3.8, 4) is 16.9 Å². The van der Waals surface area contributed by atoms with Gasteiger partial charge >= 0.3 is 18.5 Å². The van der Waals surface area contributed by atoms with E-state index < -0.39 is 35.6 Å². The molecule has 134 valence electrons. The van der Waals surface area contributed by atoms with Crippen molar-refractivity contribution in [3.05, 3.63) is 47.8 Å². The third-order valence-electron chi connectivity index (χ3n) is 2.97. The molecule has 0 unspecified atom stereocenters. The molecule has 10 heteroatoms. The van der Waals surface area contributed by atoms with E-state index in [0.29, 0.717) is 6.07 Å². The SMILES string of the molecule is COC(=O)c1nc(C(F)(F)F)ccc1-c1ccccc1OC(F)(F)F. The molecule has 0 aliphatic heterocycles. The molecule has 0 amide bonds. The molecule has 2 rings (SSSR count). The molecule has 25 heavy (non-hydrogen) atoms. The maximum atomic E-state index is 12.8. The van der Waals surface area contributed by atoms with Crippen LogP contribution in [0.15, 0.2) is 36.4 Å². The maximum absolute atomic E-state index is 12.8. The van der Waals surface area contributed by atoms with Crippen LogP contribution in [-0.2, 0) is 10.9 Å². The number of halogens is 6. The Balaban J connectivity index is 2.65. The third kappa shape index (κ3) is 4.40. The Morgan fingerprint density at radius 3 is 2.16 bits per heavy atom. The molecular formula is C15H9F6NO3. The number of rotatable bonds is 3. The summed E-state index contributed by atoms with van der Waals surface area (Å²) < 4.78 is 84.1. The lowest BCUT2D eigenvalue weighted by Gasteiger charge is -2.15. The second kappa shape index (κ2) is 6.61. The highest BCUT2D eigenvalue weighted by Crippen LogP contribution is 2.37. The molecule has 0 atom stereocenters. The molecular weight excluding hydrogens is 356 g/mol. The molecule has 0 saturated carbocycles. The summed E-state index contributed by atoms with van der Waals surface area (Å²) in [6.07, 6.45) is -9.87. The first kappa shape index (κ1) is 18.6. The van der Waals surface area contributed by atoms with Gasteiger partial charge in [-0.05, 0) is 18.2 Å². The number of carbonyl (C=O) groups excluding carboxylic acids is 1. The number of nitrogens with zero attached hydrogens (tertiary/aromatic N) is 1. The van der Waals surface area contributed by atoms with Gasteiger partial charge in [-0.1, -0.05) is 18.2 Å². The molecule has 1 aromatic carbocycles. The van der Waals surface area contributed by atoms with Crippen molar-refractivity contribution in [3.63, 3.8) is 0 Å². The van der Waals surface area contributed by atoms with Gasteiger partial charge in [0.05, 0.1) is 7.11 Å². The van der Waals surface area contributed by atoms with E-state index in [1.807, 2.05) is 0 Å². The molecule has 1 aromatic heterocycles. The van der Waals surface area contributed by atoms with Gasteiger partial charge in [0.2, 0.25) is 0 Å². The van der Waals surface area contributed by atoms with Crippen LogP contribution < -0.4 is 4.74 Å². The molecule has 0 fully saturated rings. The van der Waals surface area contributed by atoms with Crippen LogP contribution in [0.4, 0.5) is 26.3 Å². The van der Waals surface area contributed by atoms with Crippen LogP contribution in [0, 0.1) is 0 Å². The van der Waals surface area contributed by atoms with E-state index >= 15 is 0 Å². The smallest absolute Gasteiger partial charge is 0.464 e. The van der Waals surface area contributed by atoms with E-state index in [1.165, 1.54) is 12.1 Å². The molecule has 0 bridgehead atoms. The van der Waals surface area contributed by atoms with Gasteiger partial charge in [0.1, 0.15) is 11.4 Å². The largest absolute Gasteiger partial charge is 0.573 e. The fourth-order valence-electron chi connectivity index (χ4n) is 1.99. The highest BCUT2D eigenvalue weighted by Gasteiger charge is 2.35. The highest BCUT2D eigenvalue weighted by molar-refractivity contribution is 5.96. The number of carbonyl (C=O) groups is 1. The first-order valence-corrected chi connectivity index (χ1v) is 6.54. The second-order valence-corrected chi connectivity index (χ2v) is 4.63. The lowest BCUT2D eigenvalue weighted by Crippen LogP contribution is -2.18. The van der Waals surface area contributed by atoms with Gasteiger partial charge in [0, 0.05) is 11.1 Å². The number of alkyl halides is 6. The molecule has 4 nitrogen and oxygen atoms in total. The van der Waals surface area contributed by atoms with Crippen LogP contribution in [0.2, 0.25) is 0 Å². The zero-order valence-electron chi connectivity index (χ0n) is 12.4. The predicted octanol–water partition coefficient (Wildman–Crippen LogP) is 4.45. The molecule has 0 N–H and O–H groups in total. The minimum Gasteiger partial charge on any atom is -0.464 e. The summed E-state index contributed by atoms with van der Waals surface area (Å²) in [5, 5.41) is 0. The van der Waals surface area contributed by atoms with Crippen LogP contribution in [-0.4, -0.2) is 24.4 Å². The van der Waals surface area contributed by atoms with Crippen LogP contribution in [0.25, 0.3) is 11.1 Å². The molecule has 2 aromatic rings. The molecule has 0 aliphatic carbocycles. The maximum Gasteiger partial charge on any atom is 0.573 e. The highest BCUT2D eigenvalue weighted by atomic mass is 19.4. The van der Waals surface area contributed by atoms with Gasteiger partial charge in [-0.2, -0.15) is 13.2 Å². The van der Waals surface area contributed by atoms with E-state index in [2.05, 4.69) is 14.5 Å². The standard InChI is InChI=1S/C15H9F6NO3/c1-24-13(23)12-9(6-7-11(22-12)14(16,17)18)8-4-2-3-5-10(8)25-15(19,20)21/h2-7H,1H3. The van der Waals surface area contributed by atoms with E-state index in [0.717, 1.165) is 25.3 Å². The Morgan fingerprint density at radius 2 is 1.60 bits per heavy atom. The van der Waals surface area contributed by atoms with Crippen LogP contribution in [0.3, 0.4) is 0 Å². The van der Waals surface area contributed by atoms with E-state index in [4.69, 9.17) is 0 Å². The number of ether oxygens (including phenoxy) is 2. The third-order valence-corrected chi connectivity index (χ3v) is 2.97. The zero-order valence-corrected chi connectivity index (χ0v) is 12.4. The van der Waals surface area contributed by atoms with Crippen molar-refractivity contribution >= 4 is 5.97 Å². The minimum absolute atomic E-state index is 0.263. The fraction of sp³-hybridized carbons (Fsp3) is 0.200. The van der Waals surface area contributed by atoms with Crippen molar-refractivity contribution in [2.45, 2.75) is 12.5 Å². The van der Waals surface area contributed by atoms with Gasteiger partial charge in [0.25, 0.3) is 0 Å². The number of hydrogen-bond acceptors (Lipinski definition) is 4. The molecule has 0 spiro atoms. The second-order valence-electron chi connectivity index (χ2n) is 4.63. The number of esters is 1. The summed E-state index contributed by atoms with van der Waals surface area (Å²) >= 11 is 0. The summed E-state index contributed by atoms with van der Waals surface area (Å²) in [6, 6.07) is 6.06. The topological polar surface area (TPSA) is 48.4 Å². The Labute approximate surface area is 137 Å². The number of methoxy groups -OCH3 is 1. The number of benzene rings is 1. The summed E-state index contributed by atoms with van der Waals surface area (Å²) in [7, 11) is 0.909. The van der Waals surface area contributed by atoms with E-state index in [-0.39, 0.29) is 11.1 Å². The number of pyridine rings is 1. The molecule has 0 aliphatic rings. The lowest BCUT2D eigenvalue weighted by molar-refractivity contribution is -0.274. The van der Waals surface area contributed by atoms with Gasteiger partial charge in [-0.15, -0.1) is 13.2 Å². The quantitative estimate of drug-likeness (QED) is 0.596. The lowest BCUT2D eigenvalue weighted by atomic mass is 10.0. The summed E-state index contributed by atoms with van der Waals surface area (Å²) in [5.41, 5.74) is -2.72. The summed E-state index contributed by atoms with van der Waals surface area (Å²) in [5.74, 6) is -1.93. The summed E-state index contributed by atoms with van der Waals surface area (Å²) in [6.45, 7) is 0. The van der Waals surface area contributed by atoms with Gasteiger partial charge in [-0.25, -0.2) is 9.78 Å². The normalized spacial score (nSPS) is 12.0. The van der Waals surface area contributed by atoms with Crippen molar-refractivity contribution in [1.29, 1.82) is 0 Å². The Hall–Kier alpha value is -2.78. The van der Waals surface area contributed by atoms with Gasteiger partial charge < -0.3 is 9.47 Å². The first-order valence-electron chi connectivity index (χ1n) is 6.54. The average molecular weight is 365 g/mol. The van der Waals surface area contributed by atoms with Crippen molar-refractivity contribution in [2.75, 3.05) is 7.11 Å². The van der Waals surface area contributed by atoms with Crippen LogP contribution >= 0.6 is 0 Å². The minimum atomic E-state index is -5.03. The number of para-hydroxylation sites is 1. The molecule has 1 heterocycles. The number of hydrogen-bond donors (Lipinski definition) is 0. The fourth-order valence-corrected chi connectivity index (χ4v) is 1.99. The Bertz CT molecular complexity index is 786. The zero-order chi connectivity index (χ0) is 18.8.